The van der Waals surface area contributed by atoms with Crippen molar-refractivity contribution < 1.29 is 9.53 Å². The van der Waals surface area contributed by atoms with Crippen molar-refractivity contribution in [3.63, 3.8) is 0 Å². The highest BCUT2D eigenvalue weighted by molar-refractivity contribution is 5.76. The summed E-state index contributed by atoms with van der Waals surface area (Å²) in [5, 5.41) is 7.47. The summed E-state index contributed by atoms with van der Waals surface area (Å²) in [6.45, 7) is 9.00. The van der Waals surface area contributed by atoms with Crippen LogP contribution in [0.2, 0.25) is 0 Å². The molecule has 1 aromatic rings. The molecule has 3 atom stereocenters. The second kappa shape index (κ2) is 5.77. The van der Waals surface area contributed by atoms with Crippen LogP contribution in [-0.4, -0.2) is 58.5 Å². The van der Waals surface area contributed by atoms with Gasteiger partial charge in [0, 0.05) is 30.9 Å². The standard InChI is InChI=1S/C15H24N4O2/c1-10-4-11(2)19(17-10)8-15(20)16-13-5-14-9-21-12(3)6-18(14)7-13/h4,12-14H,5-9H2,1-3H3,(H,16,20)/t12-,13-,14+/m1/s1. The highest BCUT2D eigenvalue weighted by Crippen LogP contribution is 2.23. The summed E-state index contributed by atoms with van der Waals surface area (Å²) in [6.07, 6.45) is 1.28. The van der Waals surface area contributed by atoms with Gasteiger partial charge in [-0.2, -0.15) is 5.10 Å². The van der Waals surface area contributed by atoms with Crippen LogP contribution in [0.1, 0.15) is 24.7 Å². The summed E-state index contributed by atoms with van der Waals surface area (Å²) in [7, 11) is 0. The monoisotopic (exact) mass is 292 g/mol. The zero-order chi connectivity index (χ0) is 15.0. The number of aromatic nitrogens is 2. The molecule has 1 amide bonds. The Labute approximate surface area is 125 Å². The van der Waals surface area contributed by atoms with Crippen LogP contribution in [0.15, 0.2) is 6.07 Å². The Bertz CT molecular complexity index is 528. The topological polar surface area (TPSA) is 59.4 Å². The summed E-state index contributed by atoms with van der Waals surface area (Å²) < 4.78 is 7.45. The van der Waals surface area contributed by atoms with E-state index < -0.39 is 0 Å². The summed E-state index contributed by atoms with van der Waals surface area (Å²) in [4.78, 5) is 14.6. The van der Waals surface area contributed by atoms with Crippen LogP contribution in [-0.2, 0) is 16.1 Å². The number of morpholine rings is 1. The molecule has 2 aliphatic heterocycles. The van der Waals surface area contributed by atoms with Gasteiger partial charge >= 0.3 is 0 Å². The minimum atomic E-state index is 0.0417. The van der Waals surface area contributed by atoms with Gasteiger partial charge in [-0.15, -0.1) is 0 Å². The number of aryl methyl sites for hydroxylation is 2. The molecule has 0 aromatic carbocycles. The third-order valence-electron chi connectivity index (χ3n) is 4.35. The van der Waals surface area contributed by atoms with Gasteiger partial charge in [0.1, 0.15) is 6.54 Å². The van der Waals surface area contributed by atoms with E-state index in [1.807, 2.05) is 19.9 Å². The van der Waals surface area contributed by atoms with Gasteiger partial charge < -0.3 is 10.1 Å². The molecule has 0 radical (unpaired) electrons. The smallest absolute Gasteiger partial charge is 0.242 e. The van der Waals surface area contributed by atoms with E-state index in [0.717, 1.165) is 37.5 Å². The van der Waals surface area contributed by atoms with Gasteiger partial charge in [-0.25, -0.2) is 0 Å². The molecule has 0 unspecified atom stereocenters. The number of nitrogens with one attached hydrogen (secondary N) is 1. The summed E-state index contributed by atoms with van der Waals surface area (Å²) in [5.41, 5.74) is 1.97. The van der Waals surface area contributed by atoms with Crippen LogP contribution in [0.3, 0.4) is 0 Å². The molecule has 1 N–H and O–H groups in total. The fourth-order valence-electron chi connectivity index (χ4n) is 3.39. The highest BCUT2D eigenvalue weighted by atomic mass is 16.5. The number of nitrogens with zero attached hydrogens (tertiary/aromatic N) is 3. The van der Waals surface area contributed by atoms with Crippen molar-refractivity contribution in [1.29, 1.82) is 0 Å². The summed E-state index contributed by atoms with van der Waals surface area (Å²) in [5.74, 6) is 0.0417. The number of ether oxygens (including phenoxy) is 1. The van der Waals surface area contributed by atoms with Gasteiger partial charge in [-0.1, -0.05) is 0 Å². The van der Waals surface area contributed by atoms with Crippen LogP contribution >= 0.6 is 0 Å². The molecule has 0 saturated carbocycles. The fraction of sp³-hybridized carbons (Fsp3) is 0.733. The number of hydrogen-bond donors (Lipinski definition) is 1. The van der Waals surface area contributed by atoms with Crippen molar-refractivity contribution in [1.82, 2.24) is 20.0 Å². The first-order valence-corrected chi connectivity index (χ1v) is 7.67. The second-order valence-electron chi connectivity index (χ2n) is 6.34. The van der Waals surface area contributed by atoms with Crippen LogP contribution < -0.4 is 5.32 Å². The van der Waals surface area contributed by atoms with Gasteiger partial charge in [-0.3, -0.25) is 14.4 Å². The molecule has 21 heavy (non-hydrogen) atoms. The van der Waals surface area contributed by atoms with Crippen LogP contribution in [0, 0.1) is 13.8 Å². The molecule has 0 spiro atoms. The van der Waals surface area contributed by atoms with E-state index in [9.17, 15) is 4.79 Å². The Kier molecular flexibility index (Phi) is 3.99. The van der Waals surface area contributed by atoms with Crippen molar-refractivity contribution in [3.8, 4) is 0 Å². The maximum atomic E-state index is 12.2. The van der Waals surface area contributed by atoms with E-state index in [2.05, 4.69) is 22.2 Å². The zero-order valence-corrected chi connectivity index (χ0v) is 13.0. The fourth-order valence-corrected chi connectivity index (χ4v) is 3.39. The number of carbonyl (C=O) groups excluding carboxylic acids is 1. The van der Waals surface area contributed by atoms with E-state index >= 15 is 0 Å². The van der Waals surface area contributed by atoms with E-state index in [1.165, 1.54) is 0 Å². The van der Waals surface area contributed by atoms with Gasteiger partial charge in [-0.05, 0) is 33.3 Å². The van der Waals surface area contributed by atoms with E-state index in [-0.39, 0.29) is 11.9 Å². The number of carbonyl (C=O) groups is 1. The highest BCUT2D eigenvalue weighted by Gasteiger charge is 2.36. The molecule has 0 bridgehead atoms. The Morgan fingerprint density at radius 2 is 2.29 bits per heavy atom. The predicted molar refractivity (Wildman–Crippen MR) is 79.0 cm³/mol. The van der Waals surface area contributed by atoms with Crippen molar-refractivity contribution in [2.75, 3.05) is 19.7 Å². The molecule has 116 valence electrons. The van der Waals surface area contributed by atoms with Gasteiger partial charge in [0.15, 0.2) is 0 Å². The normalized spacial score (nSPS) is 29.4. The van der Waals surface area contributed by atoms with Gasteiger partial charge in [0.05, 0.1) is 18.4 Å². The predicted octanol–water partition coefficient (Wildman–Crippen LogP) is 0.478. The molecular formula is C15H24N4O2. The molecule has 6 heteroatoms. The van der Waals surface area contributed by atoms with Crippen molar-refractivity contribution in [2.45, 2.75) is 51.9 Å². The van der Waals surface area contributed by atoms with E-state index in [4.69, 9.17) is 4.74 Å². The lowest BCUT2D eigenvalue weighted by Gasteiger charge is -2.33. The number of amides is 1. The van der Waals surface area contributed by atoms with Crippen LogP contribution in [0.5, 0.6) is 0 Å². The van der Waals surface area contributed by atoms with E-state index in [0.29, 0.717) is 18.7 Å². The first kappa shape index (κ1) is 14.5. The average Bonchev–Trinajstić information content (AvgIpc) is 2.91. The molecule has 1 aromatic heterocycles. The van der Waals surface area contributed by atoms with E-state index in [1.54, 1.807) is 4.68 Å². The quantitative estimate of drug-likeness (QED) is 0.880. The minimum Gasteiger partial charge on any atom is -0.376 e. The third kappa shape index (κ3) is 3.27. The van der Waals surface area contributed by atoms with Crippen LogP contribution in [0.4, 0.5) is 0 Å². The molecule has 2 saturated heterocycles. The van der Waals surface area contributed by atoms with Crippen molar-refractivity contribution in [2.24, 2.45) is 0 Å². The minimum absolute atomic E-state index is 0.0417. The SMILES string of the molecule is Cc1cc(C)n(CC(=O)N[C@@H]2C[C@H]3CO[C@H](C)CN3C2)n1. The number of hydrogen-bond acceptors (Lipinski definition) is 4. The third-order valence-corrected chi connectivity index (χ3v) is 4.35. The Morgan fingerprint density at radius 1 is 1.48 bits per heavy atom. The summed E-state index contributed by atoms with van der Waals surface area (Å²) in [6, 6.07) is 2.68. The average molecular weight is 292 g/mol. The lowest BCUT2D eigenvalue weighted by molar-refractivity contribution is -0.122. The lowest BCUT2D eigenvalue weighted by Crippen LogP contribution is -2.45. The molecule has 0 aliphatic carbocycles. The Morgan fingerprint density at radius 3 is 3.00 bits per heavy atom. The first-order valence-electron chi connectivity index (χ1n) is 7.67. The van der Waals surface area contributed by atoms with Crippen molar-refractivity contribution in [3.05, 3.63) is 17.5 Å². The lowest BCUT2D eigenvalue weighted by atomic mass is 10.1. The van der Waals surface area contributed by atoms with Gasteiger partial charge in [0.2, 0.25) is 5.91 Å². The molecular weight excluding hydrogens is 268 g/mol. The largest absolute Gasteiger partial charge is 0.376 e. The number of fused-ring (bicyclic) bond motifs is 1. The number of rotatable bonds is 3. The van der Waals surface area contributed by atoms with Crippen molar-refractivity contribution >= 4 is 5.91 Å². The second-order valence-corrected chi connectivity index (χ2v) is 6.34. The molecule has 3 heterocycles. The zero-order valence-electron chi connectivity index (χ0n) is 13.0. The Balaban J connectivity index is 1.53. The Hall–Kier alpha value is -1.40. The molecule has 3 rings (SSSR count). The van der Waals surface area contributed by atoms with Crippen LogP contribution in [0.25, 0.3) is 0 Å². The first-order chi connectivity index (χ1) is 10.0. The van der Waals surface area contributed by atoms with Gasteiger partial charge in [0.25, 0.3) is 0 Å². The molecule has 6 nitrogen and oxygen atoms in total. The molecule has 2 aliphatic rings. The maximum absolute atomic E-state index is 12.2. The molecule has 2 fully saturated rings. The summed E-state index contributed by atoms with van der Waals surface area (Å²) >= 11 is 0. The maximum Gasteiger partial charge on any atom is 0.242 e.